The third-order valence-corrected chi connectivity index (χ3v) is 4.84. The van der Waals surface area contributed by atoms with Gasteiger partial charge in [0.15, 0.2) is 0 Å². The van der Waals surface area contributed by atoms with Crippen molar-refractivity contribution >= 4 is 23.3 Å². The first-order valence-corrected chi connectivity index (χ1v) is 8.36. The molecule has 114 valence electrons. The van der Waals surface area contributed by atoms with Gasteiger partial charge in [0, 0.05) is 25.1 Å². The van der Waals surface area contributed by atoms with Gasteiger partial charge in [0.1, 0.15) is 10.0 Å². The number of hydrogen-bond acceptors (Lipinski definition) is 4. The van der Waals surface area contributed by atoms with E-state index in [4.69, 9.17) is 0 Å². The van der Waals surface area contributed by atoms with Crippen molar-refractivity contribution in [2.45, 2.75) is 25.7 Å². The molecular formula is C17H19N3OS. The lowest BCUT2D eigenvalue weighted by molar-refractivity contribution is -0.127. The molecule has 1 atom stereocenters. The summed E-state index contributed by atoms with van der Waals surface area (Å²) in [6, 6.07) is 9.90. The molecule has 0 aliphatic carbocycles. The molecule has 1 aliphatic rings. The van der Waals surface area contributed by atoms with Crippen molar-refractivity contribution < 1.29 is 4.79 Å². The van der Waals surface area contributed by atoms with Gasteiger partial charge in [-0.1, -0.05) is 30.3 Å². The predicted molar refractivity (Wildman–Crippen MR) is 88.7 cm³/mol. The van der Waals surface area contributed by atoms with Crippen LogP contribution in [0.1, 0.15) is 34.3 Å². The summed E-state index contributed by atoms with van der Waals surface area (Å²) in [6.45, 7) is 3.54. The quantitative estimate of drug-likeness (QED) is 0.817. The third kappa shape index (κ3) is 3.60. The van der Waals surface area contributed by atoms with Crippen LogP contribution in [0.25, 0.3) is 6.08 Å². The average Bonchev–Trinajstić information content (AvgIpc) is 3.00. The Bertz CT molecular complexity index is 666. The number of nitrogens with zero attached hydrogens (tertiary/aromatic N) is 3. The van der Waals surface area contributed by atoms with Crippen molar-refractivity contribution in [2.24, 2.45) is 0 Å². The maximum Gasteiger partial charge on any atom is 0.246 e. The van der Waals surface area contributed by atoms with E-state index in [2.05, 4.69) is 10.2 Å². The summed E-state index contributed by atoms with van der Waals surface area (Å²) >= 11 is 1.64. The molecule has 1 unspecified atom stereocenters. The zero-order chi connectivity index (χ0) is 15.4. The Morgan fingerprint density at radius 3 is 2.86 bits per heavy atom. The Morgan fingerprint density at radius 1 is 1.32 bits per heavy atom. The van der Waals surface area contributed by atoms with Crippen molar-refractivity contribution in [3.8, 4) is 0 Å². The Kier molecular flexibility index (Phi) is 4.63. The maximum absolute atomic E-state index is 12.4. The molecular weight excluding hydrogens is 294 g/mol. The molecule has 22 heavy (non-hydrogen) atoms. The molecule has 1 saturated heterocycles. The number of carbonyl (C=O) groups excluding carboxylic acids is 1. The van der Waals surface area contributed by atoms with Crippen LogP contribution in [0.2, 0.25) is 0 Å². The number of piperidine rings is 1. The highest BCUT2D eigenvalue weighted by Gasteiger charge is 2.25. The molecule has 4 nitrogen and oxygen atoms in total. The van der Waals surface area contributed by atoms with E-state index in [1.807, 2.05) is 48.2 Å². The second-order valence-corrected chi connectivity index (χ2v) is 6.74. The first-order chi connectivity index (χ1) is 10.7. The molecule has 2 heterocycles. The molecule has 3 rings (SSSR count). The van der Waals surface area contributed by atoms with Crippen LogP contribution in [0, 0.1) is 6.92 Å². The van der Waals surface area contributed by atoms with Crippen LogP contribution in [0.4, 0.5) is 0 Å². The van der Waals surface area contributed by atoms with E-state index in [0.29, 0.717) is 5.92 Å². The minimum atomic E-state index is 0.0785. The van der Waals surface area contributed by atoms with Gasteiger partial charge in [-0.25, -0.2) is 0 Å². The summed E-state index contributed by atoms with van der Waals surface area (Å²) in [7, 11) is 0. The molecule has 1 aromatic carbocycles. The number of aryl methyl sites for hydroxylation is 1. The largest absolute Gasteiger partial charge is 0.338 e. The fourth-order valence-corrected chi connectivity index (χ4v) is 3.52. The lowest BCUT2D eigenvalue weighted by Gasteiger charge is -2.30. The molecule has 1 amide bonds. The van der Waals surface area contributed by atoms with Crippen molar-refractivity contribution in [1.29, 1.82) is 0 Å². The molecule has 0 bridgehead atoms. The highest BCUT2D eigenvalue weighted by atomic mass is 32.1. The molecule has 0 N–H and O–H groups in total. The van der Waals surface area contributed by atoms with Crippen LogP contribution in [-0.4, -0.2) is 34.1 Å². The summed E-state index contributed by atoms with van der Waals surface area (Å²) in [5.41, 5.74) is 1.05. The maximum atomic E-state index is 12.4. The monoisotopic (exact) mass is 313 g/mol. The predicted octanol–water partition coefficient (Wildman–Crippen LogP) is 3.27. The van der Waals surface area contributed by atoms with E-state index >= 15 is 0 Å². The Labute approximate surface area is 134 Å². The second kappa shape index (κ2) is 6.83. The minimum Gasteiger partial charge on any atom is -0.338 e. The fourth-order valence-electron chi connectivity index (χ4n) is 2.69. The first kappa shape index (κ1) is 14.9. The van der Waals surface area contributed by atoms with Gasteiger partial charge in [0.2, 0.25) is 5.91 Å². The molecule has 1 fully saturated rings. The van der Waals surface area contributed by atoms with E-state index in [9.17, 15) is 4.79 Å². The van der Waals surface area contributed by atoms with Gasteiger partial charge in [-0.05, 0) is 31.4 Å². The normalized spacial score (nSPS) is 18.8. The SMILES string of the molecule is Cc1nnc(C2CCCN(C(=O)/C=C\c3ccccc3)C2)s1. The number of hydrogen-bond donors (Lipinski definition) is 0. The number of aromatic nitrogens is 2. The molecule has 1 aliphatic heterocycles. The molecule has 5 heteroatoms. The molecule has 0 saturated carbocycles. The first-order valence-electron chi connectivity index (χ1n) is 7.54. The minimum absolute atomic E-state index is 0.0785. The fraction of sp³-hybridized carbons (Fsp3) is 0.353. The van der Waals surface area contributed by atoms with Crippen molar-refractivity contribution in [3.05, 3.63) is 52.0 Å². The van der Waals surface area contributed by atoms with Gasteiger partial charge in [0.25, 0.3) is 0 Å². The van der Waals surface area contributed by atoms with Crippen LogP contribution < -0.4 is 0 Å². The summed E-state index contributed by atoms with van der Waals surface area (Å²) in [5.74, 6) is 0.406. The van der Waals surface area contributed by atoms with Gasteiger partial charge in [0.05, 0.1) is 0 Å². The van der Waals surface area contributed by atoms with Crippen LogP contribution in [0.3, 0.4) is 0 Å². The van der Waals surface area contributed by atoms with Crippen LogP contribution in [0.5, 0.6) is 0 Å². The zero-order valence-corrected chi connectivity index (χ0v) is 13.4. The van der Waals surface area contributed by atoms with Gasteiger partial charge in [-0.15, -0.1) is 21.5 Å². The van der Waals surface area contributed by atoms with Crippen molar-refractivity contribution in [1.82, 2.24) is 15.1 Å². The summed E-state index contributed by atoms with van der Waals surface area (Å²) in [5, 5.41) is 10.4. The standard InChI is InChI=1S/C17H19N3OS/c1-13-18-19-17(22-13)15-8-5-11-20(12-15)16(21)10-9-14-6-3-2-4-7-14/h2-4,6-7,9-10,15H,5,8,11-12H2,1H3/b10-9-. The smallest absolute Gasteiger partial charge is 0.246 e. The summed E-state index contributed by atoms with van der Waals surface area (Å²) in [4.78, 5) is 14.3. The van der Waals surface area contributed by atoms with E-state index in [-0.39, 0.29) is 5.91 Å². The van der Waals surface area contributed by atoms with Gasteiger partial charge in [-0.2, -0.15) is 0 Å². The van der Waals surface area contributed by atoms with Gasteiger partial charge >= 0.3 is 0 Å². The molecule has 0 radical (unpaired) electrons. The zero-order valence-electron chi connectivity index (χ0n) is 12.6. The molecule has 2 aromatic rings. The molecule has 1 aromatic heterocycles. The number of likely N-dealkylation sites (tertiary alicyclic amines) is 1. The highest BCUT2D eigenvalue weighted by Crippen LogP contribution is 2.29. The van der Waals surface area contributed by atoms with E-state index in [0.717, 1.165) is 41.5 Å². The van der Waals surface area contributed by atoms with Crippen LogP contribution in [-0.2, 0) is 4.79 Å². The van der Waals surface area contributed by atoms with Crippen LogP contribution in [0.15, 0.2) is 36.4 Å². The Morgan fingerprint density at radius 2 is 2.14 bits per heavy atom. The van der Waals surface area contributed by atoms with Gasteiger partial charge in [-0.3, -0.25) is 4.79 Å². The number of amides is 1. The van der Waals surface area contributed by atoms with E-state index in [1.165, 1.54) is 0 Å². The number of rotatable bonds is 3. The van der Waals surface area contributed by atoms with Gasteiger partial charge < -0.3 is 4.90 Å². The summed E-state index contributed by atoms with van der Waals surface area (Å²) in [6.07, 6.45) is 5.65. The lowest BCUT2D eigenvalue weighted by atomic mass is 9.99. The van der Waals surface area contributed by atoms with E-state index in [1.54, 1.807) is 17.4 Å². The Hall–Kier alpha value is -2.01. The molecule has 0 spiro atoms. The highest BCUT2D eigenvalue weighted by molar-refractivity contribution is 7.11. The summed E-state index contributed by atoms with van der Waals surface area (Å²) < 4.78 is 0. The third-order valence-electron chi connectivity index (χ3n) is 3.84. The Balaban J connectivity index is 1.64. The lowest BCUT2D eigenvalue weighted by Crippen LogP contribution is -2.38. The van der Waals surface area contributed by atoms with Crippen molar-refractivity contribution in [2.75, 3.05) is 13.1 Å². The van der Waals surface area contributed by atoms with E-state index < -0.39 is 0 Å². The second-order valence-electron chi connectivity index (χ2n) is 5.53. The number of carbonyl (C=O) groups is 1. The average molecular weight is 313 g/mol. The topological polar surface area (TPSA) is 46.1 Å². The number of benzene rings is 1. The van der Waals surface area contributed by atoms with Crippen LogP contribution >= 0.6 is 11.3 Å². The van der Waals surface area contributed by atoms with Crippen molar-refractivity contribution in [3.63, 3.8) is 0 Å².